The molecule has 1 fully saturated rings. The predicted molar refractivity (Wildman–Crippen MR) is 139 cm³/mol. The van der Waals surface area contributed by atoms with Gasteiger partial charge in [0.2, 0.25) is 5.91 Å². The van der Waals surface area contributed by atoms with Gasteiger partial charge < -0.3 is 25.2 Å². The van der Waals surface area contributed by atoms with Gasteiger partial charge in [-0.3, -0.25) is 14.5 Å². The van der Waals surface area contributed by atoms with E-state index < -0.39 is 5.97 Å². The molecule has 0 unspecified atom stereocenters. The summed E-state index contributed by atoms with van der Waals surface area (Å²) in [5.74, 6) is -0.777. The molecule has 3 atom stereocenters. The maximum atomic E-state index is 13.5. The van der Waals surface area contributed by atoms with E-state index in [-0.39, 0.29) is 48.0 Å². The molecule has 9 heteroatoms. The van der Waals surface area contributed by atoms with E-state index in [4.69, 9.17) is 9.84 Å². The molecule has 4 rings (SSSR count). The van der Waals surface area contributed by atoms with Crippen LogP contribution in [0.4, 0.5) is 5.69 Å². The fraction of sp³-hybridized carbons (Fsp3) is 0.464. The van der Waals surface area contributed by atoms with Crippen molar-refractivity contribution in [1.29, 1.82) is 0 Å². The number of fused-ring (bicyclic) bond motifs is 1. The highest BCUT2D eigenvalue weighted by molar-refractivity contribution is 6.00. The van der Waals surface area contributed by atoms with Gasteiger partial charge in [0.15, 0.2) is 0 Å². The number of anilines is 1. The van der Waals surface area contributed by atoms with E-state index >= 15 is 0 Å². The number of likely N-dealkylation sites (N-methyl/N-ethyl adjacent to an activating group) is 1. The maximum Gasteiger partial charge on any atom is 0.335 e. The van der Waals surface area contributed by atoms with E-state index in [1.54, 1.807) is 47.4 Å². The quantitative estimate of drug-likeness (QED) is 0.475. The minimum Gasteiger partial charge on any atom is -0.488 e. The van der Waals surface area contributed by atoms with Crippen molar-refractivity contribution in [2.75, 3.05) is 32.1 Å². The third kappa shape index (κ3) is 6.47. The molecule has 0 radical (unpaired) electrons. The van der Waals surface area contributed by atoms with Gasteiger partial charge in [0.05, 0.1) is 23.8 Å². The third-order valence-corrected chi connectivity index (χ3v) is 7.03. The molecule has 0 spiro atoms. The minimum atomic E-state index is -0.957. The van der Waals surface area contributed by atoms with E-state index in [1.807, 2.05) is 20.9 Å². The molecule has 0 bridgehead atoms. The van der Waals surface area contributed by atoms with E-state index in [0.717, 1.165) is 18.4 Å². The van der Waals surface area contributed by atoms with Gasteiger partial charge in [-0.15, -0.1) is 0 Å². The first-order chi connectivity index (χ1) is 17.7. The second-order valence-corrected chi connectivity index (χ2v) is 10.3. The smallest absolute Gasteiger partial charge is 0.335 e. The van der Waals surface area contributed by atoms with Gasteiger partial charge in [-0.25, -0.2) is 4.79 Å². The van der Waals surface area contributed by atoms with Crippen molar-refractivity contribution in [3.63, 3.8) is 0 Å². The second-order valence-electron chi connectivity index (χ2n) is 10.3. The zero-order valence-electron chi connectivity index (χ0n) is 21.5. The Labute approximate surface area is 217 Å². The van der Waals surface area contributed by atoms with Crippen LogP contribution in [-0.2, 0) is 11.3 Å². The zero-order chi connectivity index (χ0) is 26.7. The van der Waals surface area contributed by atoms with Crippen molar-refractivity contribution in [3.8, 4) is 5.75 Å². The van der Waals surface area contributed by atoms with Crippen LogP contribution in [0.1, 0.15) is 53.0 Å². The summed E-state index contributed by atoms with van der Waals surface area (Å²) in [6.07, 6.45) is 1.52. The fourth-order valence-electron chi connectivity index (χ4n) is 4.54. The Kier molecular flexibility index (Phi) is 8.14. The predicted octanol–water partition coefficient (Wildman–Crippen LogP) is 3.09. The largest absolute Gasteiger partial charge is 0.488 e. The molecule has 2 amide bonds. The molecular formula is C28H35N3O6. The Balaban J connectivity index is 1.55. The van der Waals surface area contributed by atoms with Crippen molar-refractivity contribution in [2.24, 2.45) is 11.8 Å². The summed E-state index contributed by atoms with van der Waals surface area (Å²) in [5.41, 5.74) is 2.14. The third-order valence-electron chi connectivity index (χ3n) is 7.03. The van der Waals surface area contributed by atoms with Crippen LogP contribution in [0.2, 0.25) is 0 Å². The molecule has 2 aromatic carbocycles. The monoisotopic (exact) mass is 509 g/mol. The van der Waals surface area contributed by atoms with Crippen molar-refractivity contribution >= 4 is 23.5 Å². The number of aliphatic hydroxyl groups is 1. The van der Waals surface area contributed by atoms with E-state index in [2.05, 4.69) is 10.2 Å². The lowest BCUT2D eigenvalue weighted by Gasteiger charge is -2.38. The molecule has 1 aliphatic carbocycles. The van der Waals surface area contributed by atoms with Crippen LogP contribution in [-0.4, -0.2) is 76.7 Å². The van der Waals surface area contributed by atoms with Crippen LogP contribution < -0.4 is 10.1 Å². The molecule has 1 aliphatic heterocycles. The van der Waals surface area contributed by atoms with Gasteiger partial charge in [-0.05, 0) is 62.7 Å². The normalized spacial score (nSPS) is 20.5. The molecular weight excluding hydrogens is 474 g/mol. The lowest BCUT2D eigenvalue weighted by molar-refractivity contribution is -0.117. The SMILES string of the molecule is C[C@H]1CN([C@@H](C)CO)C(=O)c2cc(NC(=O)C3CC3)ccc2O[C@H]1CN(C)Cc1ccc(C(=O)O)cc1. The molecule has 2 aromatic rings. The molecule has 0 saturated heterocycles. The van der Waals surface area contributed by atoms with Crippen molar-refractivity contribution in [3.05, 3.63) is 59.2 Å². The van der Waals surface area contributed by atoms with Crippen LogP contribution in [0, 0.1) is 11.8 Å². The summed E-state index contributed by atoms with van der Waals surface area (Å²) in [4.78, 5) is 40.7. The summed E-state index contributed by atoms with van der Waals surface area (Å²) in [5, 5.41) is 21.9. The molecule has 0 aromatic heterocycles. The summed E-state index contributed by atoms with van der Waals surface area (Å²) < 4.78 is 6.42. The topological polar surface area (TPSA) is 119 Å². The van der Waals surface area contributed by atoms with Gasteiger partial charge >= 0.3 is 5.97 Å². The molecule has 1 heterocycles. The number of carbonyl (C=O) groups excluding carboxylic acids is 2. The average molecular weight is 510 g/mol. The fourth-order valence-corrected chi connectivity index (χ4v) is 4.54. The number of aliphatic hydroxyl groups excluding tert-OH is 1. The number of nitrogens with one attached hydrogen (secondary N) is 1. The van der Waals surface area contributed by atoms with E-state index in [0.29, 0.717) is 36.6 Å². The van der Waals surface area contributed by atoms with Gasteiger partial charge in [0, 0.05) is 37.2 Å². The summed E-state index contributed by atoms with van der Waals surface area (Å²) >= 11 is 0. The number of aromatic carboxylic acids is 1. The zero-order valence-corrected chi connectivity index (χ0v) is 21.5. The number of rotatable bonds is 9. The molecule has 2 aliphatic rings. The Morgan fingerprint density at radius 1 is 1.19 bits per heavy atom. The standard InChI is InChI=1S/C28H35N3O6/c1-17-13-31(18(2)16-32)27(34)23-12-22(29-26(33)20-8-9-20)10-11-24(23)37-25(17)15-30(3)14-19-4-6-21(7-5-19)28(35)36/h4-7,10-12,17-18,20,25,32H,8-9,13-16H2,1-3H3,(H,29,33)(H,35,36)/t17-,18-,25-/m0/s1. The number of carbonyl (C=O) groups is 3. The Morgan fingerprint density at radius 3 is 2.51 bits per heavy atom. The molecule has 198 valence electrons. The summed E-state index contributed by atoms with van der Waals surface area (Å²) in [6.45, 7) is 5.25. The molecule has 1 saturated carbocycles. The Bertz CT molecular complexity index is 1150. The highest BCUT2D eigenvalue weighted by Gasteiger charge is 2.34. The maximum absolute atomic E-state index is 13.5. The number of hydrogen-bond donors (Lipinski definition) is 3. The van der Waals surface area contributed by atoms with Gasteiger partial charge in [-0.2, -0.15) is 0 Å². The first kappa shape index (κ1) is 26.6. The number of ether oxygens (including phenoxy) is 1. The van der Waals surface area contributed by atoms with Crippen molar-refractivity contribution < 1.29 is 29.3 Å². The van der Waals surface area contributed by atoms with Crippen LogP contribution >= 0.6 is 0 Å². The van der Waals surface area contributed by atoms with Crippen molar-refractivity contribution in [1.82, 2.24) is 9.80 Å². The lowest BCUT2D eigenvalue weighted by atomic mass is 9.99. The Hall–Kier alpha value is -3.43. The number of benzene rings is 2. The Morgan fingerprint density at radius 2 is 1.89 bits per heavy atom. The van der Waals surface area contributed by atoms with Crippen LogP contribution in [0.3, 0.4) is 0 Å². The number of nitrogens with zero attached hydrogens (tertiary/aromatic N) is 2. The molecule has 3 N–H and O–H groups in total. The second kappa shape index (κ2) is 11.3. The van der Waals surface area contributed by atoms with E-state index in [1.165, 1.54) is 0 Å². The van der Waals surface area contributed by atoms with Gasteiger partial charge in [-0.1, -0.05) is 19.1 Å². The van der Waals surface area contributed by atoms with Crippen LogP contribution in [0.15, 0.2) is 42.5 Å². The van der Waals surface area contributed by atoms with Crippen LogP contribution in [0.25, 0.3) is 0 Å². The summed E-state index contributed by atoms with van der Waals surface area (Å²) in [6, 6.07) is 11.6. The minimum absolute atomic E-state index is 0.0304. The summed E-state index contributed by atoms with van der Waals surface area (Å²) in [7, 11) is 1.97. The number of amides is 2. The number of carboxylic acid groups (broad SMARTS) is 1. The lowest BCUT2D eigenvalue weighted by Crippen LogP contribution is -2.49. The number of hydrogen-bond acceptors (Lipinski definition) is 6. The molecule has 9 nitrogen and oxygen atoms in total. The van der Waals surface area contributed by atoms with Crippen LogP contribution in [0.5, 0.6) is 5.75 Å². The highest BCUT2D eigenvalue weighted by Crippen LogP contribution is 2.33. The first-order valence-corrected chi connectivity index (χ1v) is 12.7. The van der Waals surface area contributed by atoms with Crippen molar-refractivity contribution in [2.45, 2.75) is 45.4 Å². The number of carboxylic acids is 1. The van der Waals surface area contributed by atoms with E-state index in [9.17, 15) is 19.5 Å². The first-order valence-electron chi connectivity index (χ1n) is 12.7. The van der Waals surface area contributed by atoms with Gasteiger partial charge in [0.1, 0.15) is 11.9 Å². The molecule has 37 heavy (non-hydrogen) atoms. The van der Waals surface area contributed by atoms with Gasteiger partial charge in [0.25, 0.3) is 5.91 Å². The highest BCUT2D eigenvalue weighted by atomic mass is 16.5. The average Bonchev–Trinajstić information content (AvgIpc) is 3.72.